The Morgan fingerprint density at radius 3 is 0.721 bits per heavy atom. The summed E-state index contributed by atoms with van der Waals surface area (Å²) in [5, 5.41) is 37.8. The third kappa shape index (κ3) is 22.4. The number of hydrogen-bond acceptors (Lipinski definition) is 11. The molecule has 16 heteroatoms. The van der Waals surface area contributed by atoms with Crippen LogP contribution < -0.4 is 10.9 Å². The van der Waals surface area contributed by atoms with Crippen molar-refractivity contribution < 1.29 is 20.1 Å². The zero-order valence-electron chi connectivity index (χ0n) is 81.1. The second-order valence-corrected chi connectivity index (χ2v) is 38.5. The lowest BCUT2D eigenvalue weighted by molar-refractivity contribution is 0.424. The lowest BCUT2D eigenvalue weighted by atomic mass is 9.77. The van der Waals surface area contributed by atoms with E-state index in [0.717, 1.165) is 134 Å². The van der Waals surface area contributed by atoms with Gasteiger partial charge >= 0.3 is 14.2 Å². The van der Waals surface area contributed by atoms with Crippen LogP contribution in [0.25, 0.3) is 191 Å². The number of fused-ring (bicyclic) bond motifs is 6. The van der Waals surface area contributed by atoms with Crippen LogP contribution in [0, 0.1) is 0 Å². The molecule has 0 aliphatic heterocycles. The lowest BCUT2D eigenvalue weighted by Gasteiger charge is -2.21. The van der Waals surface area contributed by atoms with Crippen LogP contribution in [0.5, 0.6) is 0 Å². The Hall–Kier alpha value is -16.8. The zero-order chi connectivity index (χ0) is 101. The monoisotopic (exact) mass is 1960 g/mol. The van der Waals surface area contributed by atoms with Crippen LogP contribution >= 0.6 is 34.8 Å². The maximum atomic E-state index is 9.29. The van der Waals surface area contributed by atoms with E-state index in [4.69, 9.17) is 79.7 Å². The standard InChI is InChI=1S/C49H36N2.C34H23ClN2.C27H18ClN3.C15H15BO2.C6H6BClO2/c1-49(2)44-25-10-9-24-42(44)43-31-40(26-27-45(43)49)38-21-12-19-36(29-38)35-18-11-20-37(28-35)39-22-13-23-41(30-39)47-32-46(33-14-5-3-6-15-33)50-48(51-47)34-16-7-4-8-17-34;35-31-19-9-17-29(22-31)27-15-7-14-26(20-27)28-16-8-18-30(21-28)33-23-32(24-10-3-1-4-11-24)36-34(37-33)25-12-5-2-6-13-25;28-24-16-8-14-22(18-24)21-13-7-15-23(17-21)27-30-25(19-9-3-1-4-10-19)29-26(31-27)20-11-5-2-6-12-20;1-15(2)13-6-4-3-5-11(13)12-9-10(16(17)18)7-8-14(12)15;8-6-3-1-2-5(4-6)7(9)10/h3-32H,1-2H3;1-23H;1-18H;3-9,17-18H,1-2H3;1-4,9-10H. The van der Waals surface area contributed by atoms with E-state index in [1.807, 2.05) is 224 Å². The van der Waals surface area contributed by atoms with Gasteiger partial charge in [-0.1, -0.05) is 469 Å². The SMILES string of the molecule is CC1(C)c2ccccc2-c2cc(-c3cccc(-c4cccc(-c5cccc(-c6cc(-c7ccccc7)nc(-c7ccccc7)n6)c5)c4)c3)ccc21.CC1(C)c2ccccc2-c2cc(B(O)O)ccc21.Clc1cccc(-c2cccc(-c3cccc(-c4cc(-c5ccccc5)nc(-c5ccccc5)n4)c3)c2)c1.Clc1cccc(-c2cccc(-c3nc(-c4ccccc4)nc(-c4ccccc4)n3)c2)c1.OB(O)c1cccc(Cl)c1. The Balaban J connectivity index is 0.000000121. The molecule has 0 unspecified atom stereocenters. The molecule has 0 atom stereocenters. The van der Waals surface area contributed by atoms with Gasteiger partial charge in [-0.15, -0.1) is 0 Å². The molecule has 2 aliphatic rings. The van der Waals surface area contributed by atoms with Gasteiger partial charge in [-0.25, -0.2) is 34.9 Å². The van der Waals surface area contributed by atoms with Crippen molar-refractivity contribution in [2.45, 2.75) is 38.5 Å². The molecule has 19 aromatic carbocycles. The van der Waals surface area contributed by atoms with Crippen LogP contribution in [-0.2, 0) is 10.8 Å². The Morgan fingerprint density at radius 2 is 0.388 bits per heavy atom. The summed E-state index contributed by atoms with van der Waals surface area (Å²) in [6.07, 6.45) is 0. The Bertz CT molecular complexity index is 8310. The van der Waals surface area contributed by atoms with E-state index < -0.39 is 14.2 Å². The smallest absolute Gasteiger partial charge is 0.423 e. The normalized spacial score (nSPS) is 11.9. The van der Waals surface area contributed by atoms with Gasteiger partial charge in [0.2, 0.25) is 0 Å². The highest BCUT2D eigenvalue weighted by Crippen LogP contribution is 2.51. The molecule has 3 aromatic heterocycles. The number of nitrogens with zero attached hydrogens (tertiary/aromatic N) is 7. The number of halogens is 3. The fourth-order valence-corrected chi connectivity index (χ4v) is 19.6. The first-order valence-corrected chi connectivity index (χ1v) is 49.8. The maximum Gasteiger partial charge on any atom is 0.488 e. The summed E-state index contributed by atoms with van der Waals surface area (Å²) in [4.78, 5) is 34.3. The summed E-state index contributed by atoms with van der Waals surface area (Å²) >= 11 is 18.0. The molecule has 0 saturated carbocycles. The van der Waals surface area contributed by atoms with E-state index in [1.165, 1.54) is 67.3 Å². The molecule has 0 amide bonds. The molecule has 3 heterocycles. The molecule has 147 heavy (non-hydrogen) atoms. The van der Waals surface area contributed by atoms with Gasteiger partial charge < -0.3 is 20.1 Å². The molecule has 11 nitrogen and oxygen atoms in total. The predicted molar refractivity (Wildman–Crippen MR) is 608 cm³/mol. The molecule has 0 radical (unpaired) electrons. The predicted octanol–water partition coefficient (Wildman–Crippen LogP) is 31.1. The van der Waals surface area contributed by atoms with E-state index in [9.17, 15) is 10.0 Å². The Kier molecular flexibility index (Phi) is 29.3. The van der Waals surface area contributed by atoms with Crippen molar-refractivity contribution in [1.82, 2.24) is 34.9 Å². The topological polar surface area (TPSA) is 171 Å². The first kappa shape index (κ1) is 97.6. The fourth-order valence-electron chi connectivity index (χ4n) is 19.1. The molecule has 0 fully saturated rings. The van der Waals surface area contributed by atoms with Crippen LogP contribution in [0.15, 0.2) is 497 Å². The van der Waals surface area contributed by atoms with Gasteiger partial charge in [0.15, 0.2) is 29.1 Å². The first-order valence-electron chi connectivity index (χ1n) is 48.7. The highest BCUT2D eigenvalue weighted by molar-refractivity contribution is 6.59. The molecule has 2 aliphatic carbocycles. The largest absolute Gasteiger partial charge is 0.488 e. The average molecular weight is 1960 g/mol. The van der Waals surface area contributed by atoms with Gasteiger partial charge in [-0.3, -0.25) is 0 Å². The molecule has 0 bridgehead atoms. The van der Waals surface area contributed by atoms with E-state index in [-0.39, 0.29) is 10.8 Å². The third-order valence-corrected chi connectivity index (χ3v) is 27.4. The van der Waals surface area contributed by atoms with Gasteiger partial charge in [0.25, 0.3) is 0 Å². The minimum absolute atomic E-state index is 0.00583. The first-order chi connectivity index (χ1) is 71.7. The Morgan fingerprint density at radius 1 is 0.163 bits per heavy atom. The molecule has 708 valence electrons. The minimum atomic E-state index is -1.43. The van der Waals surface area contributed by atoms with Crippen molar-refractivity contribution in [2.24, 2.45) is 0 Å². The van der Waals surface area contributed by atoms with Crippen LogP contribution in [0.4, 0.5) is 0 Å². The summed E-state index contributed by atoms with van der Waals surface area (Å²) in [6, 6.07) is 169. The van der Waals surface area contributed by atoms with Crippen LogP contribution in [0.3, 0.4) is 0 Å². The summed E-state index contributed by atoms with van der Waals surface area (Å²) in [5.41, 5.74) is 37.7. The number of aromatic nitrogens is 7. The highest BCUT2D eigenvalue weighted by Gasteiger charge is 2.37. The van der Waals surface area contributed by atoms with Crippen molar-refractivity contribution in [3.63, 3.8) is 0 Å². The van der Waals surface area contributed by atoms with Crippen LogP contribution in [0.1, 0.15) is 49.9 Å². The number of rotatable bonds is 17. The van der Waals surface area contributed by atoms with Gasteiger partial charge in [0, 0.05) is 76.0 Å². The van der Waals surface area contributed by atoms with Gasteiger partial charge in [-0.05, 0) is 213 Å². The van der Waals surface area contributed by atoms with Crippen molar-refractivity contribution in [3.8, 4) is 191 Å². The number of hydrogen-bond donors (Lipinski definition) is 4. The van der Waals surface area contributed by atoms with Crippen molar-refractivity contribution in [2.75, 3.05) is 0 Å². The highest BCUT2D eigenvalue weighted by atomic mass is 35.5. The summed E-state index contributed by atoms with van der Waals surface area (Å²) in [6.45, 7) is 9.07. The van der Waals surface area contributed by atoms with E-state index in [2.05, 4.69) is 270 Å². The third-order valence-electron chi connectivity index (χ3n) is 26.7. The molecular formula is C131H98B2Cl3N7O4. The number of benzene rings is 19. The maximum absolute atomic E-state index is 9.29. The molecular weight excluding hydrogens is 1860 g/mol. The van der Waals surface area contributed by atoms with Gasteiger partial charge in [0.1, 0.15) is 0 Å². The molecule has 4 N–H and O–H groups in total. The summed E-state index contributed by atoms with van der Waals surface area (Å²) in [7, 11) is -2.84. The molecule has 22 aromatic rings. The quantitative estimate of drug-likeness (QED) is 0.0640. The van der Waals surface area contributed by atoms with Crippen LogP contribution in [0.2, 0.25) is 15.1 Å². The zero-order valence-corrected chi connectivity index (χ0v) is 83.3. The lowest BCUT2D eigenvalue weighted by Crippen LogP contribution is -2.30. The average Bonchev–Trinajstić information content (AvgIpc) is 1.58. The van der Waals surface area contributed by atoms with E-state index >= 15 is 0 Å². The van der Waals surface area contributed by atoms with Crippen molar-refractivity contribution >= 4 is 60.0 Å². The van der Waals surface area contributed by atoms with E-state index in [0.29, 0.717) is 44.3 Å². The van der Waals surface area contributed by atoms with E-state index in [1.54, 1.807) is 24.3 Å². The summed E-state index contributed by atoms with van der Waals surface area (Å²) < 4.78 is 0. The fraction of sp³-hybridized carbons (Fsp3) is 0.0458. The van der Waals surface area contributed by atoms with Crippen molar-refractivity contribution in [3.05, 3.63) is 535 Å². The molecule has 24 rings (SSSR count). The Labute approximate surface area is 872 Å². The molecule has 0 spiro atoms. The minimum Gasteiger partial charge on any atom is -0.423 e. The second kappa shape index (κ2) is 44.2. The second-order valence-electron chi connectivity index (χ2n) is 37.1. The van der Waals surface area contributed by atoms with Crippen LogP contribution in [-0.4, -0.2) is 69.2 Å². The molecule has 0 saturated heterocycles. The van der Waals surface area contributed by atoms with Gasteiger partial charge in [0.05, 0.1) is 22.8 Å². The summed E-state index contributed by atoms with van der Waals surface area (Å²) in [5.74, 6) is 3.37. The van der Waals surface area contributed by atoms with Crippen molar-refractivity contribution in [1.29, 1.82) is 0 Å². The van der Waals surface area contributed by atoms with Gasteiger partial charge in [-0.2, -0.15) is 0 Å².